The second-order valence-electron chi connectivity index (χ2n) is 1.96. The smallest absolute Gasteiger partial charge is 0.376 e. The molecule has 0 aliphatic heterocycles. The van der Waals surface area contributed by atoms with Crippen LogP contribution in [0.5, 0.6) is 0 Å². The van der Waals surface area contributed by atoms with Crippen molar-refractivity contribution in [2.75, 3.05) is 19.0 Å². The molecule has 0 saturated carbocycles. The molecule has 0 atom stereocenters. The van der Waals surface area contributed by atoms with Crippen LogP contribution in [0.15, 0.2) is 0 Å². The number of ether oxygens (including phenoxy) is 2. The SMILES string of the molecule is CCOC(=O)COC(=O)C(=O)CS. The Hall–Kier alpha value is -1.04. The monoisotopic (exact) mass is 206 g/mol. The molecule has 0 aliphatic carbocycles. The quantitative estimate of drug-likeness (QED) is 0.376. The minimum Gasteiger partial charge on any atom is -0.463 e. The van der Waals surface area contributed by atoms with Crippen molar-refractivity contribution in [3.63, 3.8) is 0 Å². The summed E-state index contributed by atoms with van der Waals surface area (Å²) in [5.41, 5.74) is 0. The van der Waals surface area contributed by atoms with E-state index in [0.717, 1.165) is 0 Å². The fourth-order valence-electron chi connectivity index (χ4n) is 0.472. The van der Waals surface area contributed by atoms with Gasteiger partial charge in [-0.2, -0.15) is 12.6 Å². The zero-order valence-corrected chi connectivity index (χ0v) is 8.00. The van der Waals surface area contributed by atoms with Gasteiger partial charge in [0.25, 0.3) is 0 Å². The van der Waals surface area contributed by atoms with E-state index in [4.69, 9.17) is 0 Å². The van der Waals surface area contributed by atoms with Gasteiger partial charge in [-0.25, -0.2) is 9.59 Å². The summed E-state index contributed by atoms with van der Waals surface area (Å²) in [6.07, 6.45) is 0. The Morgan fingerprint density at radius 2 is 1.85 bits per heavy atom. The van der Waals surface area contributed by atoms with E-state index < -0.39 is 24.3 Å². The van der Waals surface area contributed by atoms with Crippen LogP contribution in [-0.4, -0.2) is 36.7 Å². The molecule has 0 saturated heterocycles. The molecule has 0 radical (unpaired) electrons. The number of rotatable bonds is 5. The lowest BCUT2D eigenvalue weighted by molar-refractivity contribution is -0.161. The fraction of sp³-hybridized carbons (Fsp3) is 0.571. The van der Waals surface area contributed by atoms with Gasteiger partial charge in [-0.1, -0.05) is 0 Å². The first-order valence-electron chi connectivity index (χ1n) is 3.58. The molecule has 6 heteroatoms. The number of Topliss-reactive ketones (excluding diaryl/α,β-unsaturated/α-hetero) is 1. The maximum atomic E-state index is 10.7. The van der Waals surface area contributed by atoms with E-state index in [2.05, 4.69) is 22.1 Å². The lowest BCUT2D eigenvalue weighted by atomic mass is 10.5. The van der Waals surface area contributed by atoms with Gasteiger partial charge in [0.15, 0.2) is 6.61 Å². The van der Waals surface area contributed by atoms with Gasteiger partial charge in [0.05, 0.1) is 12.4 Å². The van der Waals surface area contributed by atoms with Gasteiger partial charge in [-0.05, 0) is 6.92 Å². The minimum atomic E-state index is -1.07. The van der Waals surface area contributed by atoms with Crippen LogP contribution in [0.25, 0.3) is 0 Å². The molecule has 0 amide bonds. The average molecular weight is 206 g/mol. The van der Waals surface area contributed by atoms with E-state index in [9.17, 15) is 14.4 Å². The third-order valence-corrected chi connectivity index (χ3v) is 1.28. The van der Waals surface area contributed by atoms with Gasteiger partial charge in [-0.15, -0.1) is 0 Å². The van der Waals surface area contributed by atoms with E-state index in [-0.39, 0.29) is 12.4 Å². The third kappa shape index (κ3) is 5.24. The molecule has 0 aromatic carbocycles. The molecule has 0 N–H and O–H groups in total. The van der Waals surface area contributed by atoms with Crippen LogP contribution >= 0.6 is 12.6 Å². The number of esters is 2. The van der Waals surface area contributed by atoms with Gasteiger partial charge in [0, 0.05) is 0 Å². The Kier molecular flexibility index (Phi) is 5.96. The predicted molar refractivity (Wildman–Crippen MR) is 46.5 cm³/mol. The highest BCUT2D eigenvalue weighted by Gasteiger charge is 2.14. The van der Waals surface area contributed by atoms with Crippen molar-refractivity contribution in [1.29, 1.82) is 0 Å². The Morgan fingerprint density at radius 1 is 1.23 bits per heavy atom. The van der Waals surface area contributed by atoms with E-state index in [0.29, 0.717) is 0 Å². The molecule has 0 unspecified atom stereocenters. The second-order valence-corrected chi connectivity index (χ2v) is 2.28. The topological polar surface area (TPSA) is 69.7 Å². The third-order valence-electron chi connectivity index (χ3n) is 0.998. The van der Waals surface area contributed by atoms with Crippen LogP contribution in [0, 0.1) is 0 Å². The zero-order valence-electron chi connectivity index (χ0n) is 7.11. The van der Waals surface area contributed by atoms with E-state index in [1.807, 2.05) is 0 Å². The summed E-state index contributed by atoms with van der Waals surface area (Å²) in [6.45, 7) is 1.29. The minimum absolute atomic E-state index is 0.205. The first-order valence-corrected chi connectivity index (χ1v) is 4.21. The first-order chi connectivity index (χ1) is 6.11. The highest BCUT2D eigenvalue weighted by Crippen LogP contribution is 1.86. The molecule has 13 heavy (non-hydrogen) atoms. The highest BCUT2D eigenvalue weighted by molar-refractivity contribution is 7.81. The van der Waals surface area contributed by atoms with Crippen molar-refractivity contribution in [2.24, 2.45) is 0 Å². The maximum Gasteiger partial charge on any atom is 0.376 e. The van der Waals surface area contributed by atoms with Gasteiger partial charge in [0.1, 0.15) is 0 Å². The number of hydrogen-bond donors (Lipinski definition) is 1. The van der Waals surface area contributed by atoms with Gasteiger partial charge in [0.2, 0.25) is 5.78 Å². The number of carbonyl (C=O) groups is 3. The molecule has 5 nitrogen and oxygen atoms in total. The van der Waals surface area contributed by atoms with Crippen LogP contribution in [0.1, 0.15) is 6.92 Å². The summed E-state index contributed by atoms with van der Waals surface area (Å²) in [4.78, 5) is 31.9. The highest BCUT2D eigenvalue weighted by atomic mass is 32.1. The Labute approximate surface area is 80.8 Å². The summed E-state index contributed by atoms with van der Waals surface area (Å²) in [5.74, 6) is -2.76. The number of hydrogen-bond acceptors (Lipinski definition) is 6. The second kappa shape index (κ2) is 6.47. The summed E-state index contributed by atoms with van der Waals surface area (Å²) in [7, 11) is 0. The molecule has 0 aromatic heterocycles. The largest absolute Gasteiger partial charge is 0.463 e. The van der Waals surface area contributed by atoms with Gasteiger partial charge >= 0.3 is 11.9 Å². The lowest BCUT2D eigenvalue weighted by Crippen LogP contribution is -2.23. The molecule has 0 aromatic rings. The fourth-order valence-corrected chi connectivity index (χ4v) is 0.601. The van der Waals surface area contributed by atoms with Crippen LogP contribution in [-0.2, 0) is 23.9 Å². The van der Waals surface area contributed by atoms with Gasteiger partial charge in [-0.3, -0.25) is 4.79 Å². The van der Waals surface area contributed by atoms with Crippen molar-refractivity contribution in [1.82, 2.24) is 0 Å². The van der Waals surface area contributed by atoms with Crippen molar-refractivity contribution in [3.05, 3.63) is 0 Å². The molecule has 0 heterocycles. The average Bonchev–Trinajstić information content (AvgIpc) is 2.13. The molecule has 0 aliphatic rings. The molecular formula is C7H10O5S. The van der Waals surface area contributed by atoms with E-state index in [1.54, 1.807) is 6.92 Å². The van der Waals surface area contributed by atoms with Crippen molar-refractivity contribution in [2.45, 2.75) is 6.92 Å². The van der Waals surface area contributed by atoms with Crippen LogP contribution in [0.4, 0.5) is 0 Å². The molecule has 74 valence electrons. The standard InChI is InChI=1S/C7H10O5S/c1-2-11-6(9)3-12-7(10)5(8)4-13/h13H,2-4H2,1H3. The maximum absolute atomic E-state index is 10.7. The summed E-state index contributed by atoms with van der Waals surface area (Å²) in [5, 5.41) is 0. The van der Waals surface area contributed by atoms with Gasteiger partial charge < -0.3 is 9.47 Å². The first kappa shape index (κ1) is 12.0. The predicted octanol–water partition coefficient (Wildman–Crippen LogP) is -0.408. The molecule has 0 spiro atoms. The van der Waals surface area contributed by atoms with Crippen LogP contribution in [0.2, 0.25) is 0 Å². The molecular weight excluding hydrogens is 196 g/mol. The van der Waals surface area contributed by atoms with Crippen molar-refractivity contribution in [3.8, 4) is 0 Å². The normalized spacial score (nSPS) is 9.08. The molecule has 0 rings (SSSR count). The number of carbonyl (C=O) groups excluding carboxylic acids is 3. The Balaban J connectivity index is 3.70. The zero-order chi connectivity index (χ0) is 10.3. The Morgan fingerprint density at radius 3 is 2.31 bits per heavy atom. The van der Waals surface area contributed by atoms with E-state index >= 15 is 0 Å². The molecule has 0 fully saturated rings. The summed E-state index contributed by atoms with van der Waals surface area (Å²) < 4.78 is 8.76. The summed E-state index contributed by atoms with van der Waals surface area (Å²) in [6, 6.07) is 0. The van der Waals surface area contributed by atoms with Crippen molar-refractivity contribution < 1.29 is 23.9 Å². The Bertz CT molecular complexity index is 213. The lowest BCUT2D eigenvalue weighted by Gasteiger charge is -2.02. The van der Waals surface area contributed by atoms with Crippen molar-refractivity contribution >= 4 is 30.4 Å². The van der Waals surface area contributed by atoms with Crippen LogP contribution < -0.4 is 0 Å². The summed E-state index contributed by atoms with van der Waals surface area (Å²) >= 11 is 3.57. The number of thiol groups is 1. The molecule has 0 bridgehead atoms. The number of ketones is 1. The van der Waals surface area contributed by atoms with E-state index in [1.165, 1.54) is 0 Å². The van der Waals surface area contributed by atoms with Crippen LogP contribution in [0.3, 0.4) is 0 Å².